The average Bonchev–Trinajstić information content (AvgIpc) is 3.60. The monoisotopic (exact) mass is 599 g/mol. The molecule has 0 saturated carbocycles. The topological polar surface area (TPSA) is 90.4 Å². The summed E-state index contributed by atoms with van der Waals surface area (Å²) in [7, 11) is 6.56. The van der Waals surface area contributed by atoms with Gasteiger partial charge in [0.25, 0.3) is 0 Å². The smallest absolute Gasteiger partial charge is 0.308 e. The molecule has 3 aliphatic rings. The molecule has 3 heterocycles. The van der Waals surface area contributed by atoms with E-state index in [-0.39, 0.29) is 35.7 Å². The van der Waals surface area contributed by atoms with Crippen molar-refractivity contribution in [3.8, 4) is 5.75 Å². The molecule has 3 aliphatic heterocycles. The Balaban J connectivity index is 1.54. The van der Waals surface area contributed by atoms with Crippen molar-refractivity contribution in [3.63, 3.8) is 0 Å². The summed E-state index contributed by atoms with van der Waals surface area (Å²) >= 11 is 0. The molecule has 2 fully saturated rings. The Morgan fingerprint density at radius 3 is 2.53 bits per heavy atom. The number of unbranched alkanes of at least 4 members (excludes halogenated alkanes) is 2. The number of carboxylic acids is 1. The van der Waals surface area contributed by atoms with E-state index in [9.17, 15) is 19.5 Å². The maximum atomic E-state index is 13.9. The van der Waals surface area contributed by atoms with Gasteiger partial charge in [-0.3, -0.25) is 19.3 Å². The summed E-state index contributed by atoms with van der Waals surface area (Å²) in [6, 6.07) is 5.74. The minimum Gasteiger partial charge on any atom is -0.493 e. The quantitative estimate of drug-likeness (QED) is 0.243. The largest absolute Gasteiger partial charge is 0.493 e. The summed E-state index contributed by atoms with van der Waals surface area (Å²) in [6.45, 7) is 11.4. The highest BCUT2D eigenvalue weighted by molar-refractivity contribution is 5.80. The van der Waals surface area contributed by atoms with E-state index in [1.54, 1.807) is 0 Å². The van der Waals surface area contributed by atoms with Gasteiger partial charge >= 0.3 is 5.97 Å². The van der Waals surface area contributed by atoms with E-state index in [0.717, 1.165) is 73.1 Å². The van der Waals surface area contributed by atoms with Crippen LogP contribution in [0.1, 0.15) is 76.3 Å². The lowest BCUT2D eigenvalue weighted by atomic mass is 9.83. The van der Waals surface area contributed by atoms with E-state index in [1.165, 1.54) is 0 Å². The number of rotatable bonds is 15. The molecule has 4 rings (SSSR count). The van der Waals surface area contributed by atoms with Crippen molar-refractivity contribution in [1.82, 2.24) is 14.7 Å². The Kier molecular flexibility index (Phi) is 10.8. The zero-order valence-corrected chi connectivity index (χ0v) is 27.4. The van der Waals surface area contributed by atoms with Crippen molar-refractivity contribution >= 4 is 17.8 Å². The van der Waals surface area contributed by atoms with Crippen LogP contribution in [-0.4, -0.2) is 122 Å². The van der Waals surface area contributed by atoms with E-state index in [4.69, 9.17) is 4.74 Å². The Morgan fingerprint density at radius 2 is 1.88 bits per heavy atom. The first-order valence-electron chi connectivity index (χ1n) is 16.4. The van der Waals surface area contributed by atoms with Crippen LogP contribution in [0, 0.1) is 11.3 Å². The molecular weight excluding hydrogens is 544 g/mol. The molecule has 0 bridgehead atoms. The summed E-state index contributed by atoms with van der Waals surface area (Å²) in [5, 5.41) is 10.6. The third kappa shape index (κ3) is 8.72. The predicted molar refractivity (Wildman–Crippen MR) is 168 cm³/mol. The van der Waals surface area contributed by atoms with Crippen LogP contribution in [0.2, 0.25) is 0 Å². The molecule has 43 heavy (non-hydrogen) atoms. The Bertz CT molecular complexity index is 1150. The number of carbonyl (C=O) groups is 3. The molecule has 0 radical (unpaired) electrons. The van der Waals surface area contributed by atoms with Gasteiger partial charge in [-0.1, -0.05) is 39.3 Å². The summed E-state index contributed by atoms with van der Waals surface area (Å²) in [6.07, 6.45) is 5.86. The number of aliphatic carboxylic acids is 1. The molecule has 3 atom stereocenters. The van der Waals surface area contributed by atoms with Gasteiger partial charge in [0.15, 0.2) is 0 Å². The van der Waals surface area contributed by atoms with E-state index in [0.29, 0.717) is 39.1 Å². The van der Waals surface area contributed by atoms with Gasteiger partial charge in [0.05, 0.1) is 46.8 Å². The van der Waals surface area contributed by atoms with Crippen LogP contribution in [0.25, 0.3) is 0 Å². The highest BCUT2D eigenvalue weighted by atomic mass is 16.5. The van der Waals surface area contributed by atoms with Gasteiger partial charge in [-0.05, 0) is 48.3 Å². The number of carboxylic acid groups (broad SMARTS) is 1. The lowest BCUT2D eigenvalue weighted by Gasteiger charge is -2.31. The molecular formula is C34H55N4O5+. The van der Waals surface area contributed by atoms with Crippen LogP contribution in [0.3, 0.4) is 0 Å². The lowest BCUT2D eigenvalue weighted by Crippen LogP contribution is -2.46. The molecule has 1 unspecified atom stereocenters. The van der Waals surface area contributed by atoms with Crippen LogP contribution < -0.4 is 4.74 Å². The van der Waals surface area contributed by atoms with E-state index >= 15 is 0 Å². The maximum absolute atomic E-state index is 13.9. The third-order valence-electron chi connectivity index (χ3n) is 9.45. The number of carbonyl (C=O) groups excluding carboxylic acids is 2. The van der Waals surface area contributed by atoms with Gasteiger partial charge in [-0.25, -0.2) is 0 Å². The minimum atomic E-state index is -0.835. The third-order valence-corrected chi connectivity index (χ3v) is 9.45. The minimum absolute atomic E-state index is 0.0741. The van der Waals surface area contributed by atoms with Crippen LogP contribution >= 0.6 is 0 Å². The van der Waals surface area contributed by atoms with Crippen molar-refractivity contribution in [2.45, 2.75) is 77.7 Å². The van der Waals surface area contributed by atoms with Gasteiger partial charge in [-0.15, -0.1) is 0 Å². The molecule has 1 N–H and O–H groups in total. The maximum Gasteiger partial charge on any atom is 0.308 e. The van der Waals surface area contributed by atoms with Crippen LogP contribution in [0.15, 0.2) is 18.2 Å². The standard InChI is InChI=1S/C34H54N4O5/c1-7-8-15-35(16-9-10-18-38(4,5)6)31(40)23-37-22-27(25-11-12-29-26(20-25)14-19-43-29)32(33(41)42)28(37)13-17-36-24-34(2,3)21-30(36)39/h11-12,20,27-28,32H,7-10,13-19,21-24H2,1-6H3/p+1/t27-,28+,32?/m1/s1. The van der Waals surface area contributed by atoms with Crippen LogP contribution in [-0.2, 0) is 20.8 Å². The number of hydrogen-bond donors (Lipinski definition) is 1. The Labute approximate surface area is 258 Å². The molecule has 2 saturated heterocycles. The Morgan fingerprint density at radius 1 is 1.14 bits per heavy atom. The number of ether oxygens (including phenoxy) is 1. The zero-order chi connectivity index (χ0) is 31.4. The highest BCUT2D eigenvalue weighted by Gasteiger charge is 2.48. The molecule has 1 aromatic carbocycles. The second kappa shape index (κ2) is 14.0. The van der Waals surface area contributed by atoms with E-state index in [1.807, 2.05) is 21.9 Å². The average molecular weight is 600 g/mol. The number of hydrogen-bond acceptors (Lipinski definition) is 5. The molecule has 9 nitrogen and oxygen atoms in total. The van der Waals surface area contributed by atoms with Crippen LogP contribution in [0.5, 0.6) is 5.75 Å². The highest BCUT2D eigenvalue weighted by Crippen LogP contribution is 2.41. The van der Waals surface area contributed by atoms with Crippen molar-refractivity contribution in [1.29, 1.82) is 0 Å². The second-order valence-corrected chi connectivity index (χ2v) is 14.8. The SMILES string of the molecule is CCCCN(CCCC[N+](C)(C)C)C(=O)CN1C[C@H](c2ccc3c(c2)CCO3)C(C(=O)O)[C@@H]1CCN1CC(C)(C)CC1=O. The van der Waals surface area contributed by atoms with Gasteiger partial charge in [-0.2, -0.15) is 0 Å². The molecule has 0 aromatic heterocycles. The van der Waals surface area contributed by atoms with Gasteiger partial charge < -0.3 is 24.1 Å². The first kappa shape index (κ1) is 33.2. The number of benzene rings is 1. The summed E-state index contributed by atoms with van der Waals surface area (Å²) in [5.74, 6) is -0.642. The molecule has 0 aliphatic carbocycles. The van der Waals surface area contributed by atoms with Crippen molar-refractivity contribution < 1.29 is 28.7 Å². The van der Waals surface area contributed by atoms with Gasteiger partial charge in [0.2, 0.25) is 11.8 Å². The predicted octanol–water partition coefficient (Wildman–Crippen LogP) is 3.85. The molecule has 9 heteroatoms. The summed E-state index contributed by atoms with van der Waals surface area (Å²) < 4.78 is 6.61. The van der Waals surface area contributed by atoms with Gasteiger partial charge in [0.1, 0.15) is 5.75 Å². The fourth-order valence-electron chi connectivity index (χ4n) is 7.17. The Hall–Kier alpha value is -2.65. The summed E-state index contributed by atoms with van der Waals surface area (Å²) in [4.78, 5) is 45.6. The number of amides is 2. The normalized spacial score (nSPS) is 23.4. The van der Waals surface area contributed by atoms with E-state index in [2.05, 4.69) is 52.9 Å². The first-order valence-corrected chi connectivity index (χ1v) is 16.4. The number of nitrogens with zero attached hydrogens (tertiary/aromatic N) is 4. The first-order chi connectivity index (χ1) is 20.3. The number of quaternary nitrogens is 1. The van der Waals surface area contributed by atoms with Crippen LogP contribution in [0.4, 0.5) is 0 Å². The second-order valence-electron chi connectivity index (χ2n) is 14.8. The fraction of sp³-hybridized carbons (Fsp3) is 0.735. The molecule has 1 aromatic rings. The number of likely N-dealkylation sites (tertiary alicyclic amines) is 2. The molecule has 2 amide bonds. The fourth-order valence-corrected chi connectivity index (χ4v) is 7.17. The van der Waals surface area contributed by atoms with E-state index < -0.39 is 11.9 Å². The van der Waals surface area contributed by atoms with Crippen molar-refractivity contribution in [2.75, 3.05) is 73.6 Å². The lowest BCUT2D eigenvalue weighted by molar-refractivity contribution is -0.870. The van der Waals surface area contributed by atoms with Crippen molar-refractivity contribution in [2.24, 2.45) is 11.3 Å². The zero-order valence-electron chi connectivity index (χ0n) is 27.4. The number of fused-ring (bicyclic) bond motifs is 1. The van der Waals surface area contributed by atoms with Gasteiger partial charge in [0, 0.05) is 57.5 Å². The molecule has 0 spiro atoms. The molecule has 240 valence electrons. The van der Waals surface area contributed by atoms with Crippen molar-refractivity contribution in [3.05, 3.63) is 29.3 Å². The summed E-state index contributed by atoms with van der Waals surface area (Å²) in [5.41, 5.74) is 2.05.